The van der Waals surface area contributed by atoms with Crippen LogP contribution in [0.5, 0.6) is 0 Å². The summed E-state index contributed by atoms with van der Waals surface area (Å²) in [6.45, 7) is 2.83. The van der Waals surface area contributed by atoms with E-state index in [0.717, 1.165) is 38.0 Å². The van der Waals surface area contributed by atoms with E-state index in [0.29, 0.717) is 27.8 Å². The molecule has 2 heterocycles. The van der Waals surface area contributed by atoms with Gasteiger partial charge in [-0.3, -0.25) is 14.7 Å². The van der Waals surface area contributed by atoms with Crippen molar-refractivity contribution in [3.8, 4) is 0 Å². The molecule has 5 rings (SSSR count). The van der Waals surface area contributed by atoms with Crippen LogP contribution >= 0.6 is 11.6 Å². The first-order valence-electron chi connectivity index (χ1n) is 12.3. The predicted molar refractivity (Wildman–Crippen MR) is 146 cm³/mol. The second kappa shape index (κ2) is 11.1. The van der Waals surface area contributed by atoms with E-state index in [4.69, 9.17) is 16.3 Å². The van der Waals surface area contributed by atoms with E-state index in [9.17, 15) is 9.59 Å². The molecule has 4 aromatic rings. The molecule has 0 aliphatic carbocycles. The van der Waals surface area contributed by atoms with Gasteiger partial charge in [0.25, 0.3) is 5.91 Å². The third-order valence-corrected chi connectivity index (χ3v) is 7.21. The maximum atomic E-state index is 12.9. The van der Waals surface area contributed by atoms with Crippen molar-refractivity contribution in [1.82, 2.24) is 9.88 Å². The van der Waals surface area contributed by atoms with E-state index < -0.39 is 5.97 Å². The molecule has 1 N–H and O–H groups in total. The Kier molecular flexibility index (Phi) is 7.49. The summed E-state index contributed by atoms with van der Waals surface area (Å²) in [5.41, 5.74) is 3.68. The topological polar surface area (TPSA) is 71.5 Å². The fourth-order valence-corrected chi connectivity index (χ4v) is 5.19. The number of nitrogens with one attached hydrogen (secondary N) is 1. The van der Waals surface area contributed by atoms with Crippen LogP contribution in [0.4, 0.5) is 5.69 Å². The summed E-state index contributed by atoms with van der Waals surface area (Å²) in [6.07, 6.45) is 5.98. The summed E-state index contributed by atoms with van der Waals surface area (Å²) in [4.78, 5) is 31.4. The maximum absolute atomic E-state index is 12.9. The number of amides is 1. The largest absolute Gasteiger partial charge is 0.465 e. The molecular weight excluding hydrogens is 486 g/mol. The number of aromatic nitrogens is 1. The Morgan fingerprint density at radius 2 is 1.92 bits per heavy atom. The number of hydrogen-bond donors (Lipinski definition) is 1. The first-order chi connectivity index (χ1) is 18.0. The van der Waals surface area contributed by atoms with Crippen LogP contribution in [0.1, 0.15) is 38.3 Å². The molecule has 6 nitrogen and oxygen atoms in total. The van der Waals surface area contributed by atoms with E-state index in [2.05, 4.69) is 39.5 Å². The zero-order valence-electron chi connectivity index (χ0n) is 20.6. The minimum Gasteiger partial charge on any atom is -0.465 e. The Morgan fingerprint density at radius 3 is 2.78 bits per heavy atom. The fraction of sp³-hybridized carbons (Fsp3) is 0.233. The molecule has 188 valence electrons. The minimum absolute atomic E-state index is 0.318. The van der Waals surface area contributed by atoms with Gasteiger partial charge in [0.15, 0.2) is 0 Å². The molecule has 1 unspecified atom stereocenters. The van der Waals surface area contributed by atoms with Gasteiger partial charge in [-0.25, -0.2) is 4.79 Å². The number of rotatable bonds is 7. The molecule has 1 aliphatic rings. The number of nitrogens with zero attached hydrogens (tertiary/aromatic N) is 2. The molecule has 0 saturated carbocycles. The minimum atomic E-state index is -0.490. The number of anilines is 1. The number of halogens is 1. The van der Waals surface area contributed by atoms with Crippen LogP contribution in [0.15, 0.2) is 79.1 Å². The van der Waals surface area contributed by atoms with Crippen LogP contribution in [-0.2, 0) is 17.7 Å². The van der Waals surface area contributed by atoms with E-state index in [1.807, 2.05) is 30.6 Å². The standard InChI is InChI=1S/C30H28ClN3O3/c1-37-30(36)24-6-3-5-23(16-24)29(35)33-28-15-20(8-9-27(28)31)18-34-13-11-21(19-34)14-22-4-2-7-25-17-32-12-10-26(22)25/h2-10,12,15-17,21H,11,13-14,18-19H2,1H3,(H,33,35). The molecule has 0 radical (unpaired) electrons. The Balaban J connectivity index is 1.23. The van der Waals surface area contributed by atoms with Gasteiger partial charge >= 0.3 is 5.97 Å². The quantitative estimate of drug-likeness (QED) is 0.307. The van der Waals surface area contributed by atoms with Crippen molar-refractivity contribution in [3.05, 3.63) is 106 Å². The summed E-state index contributed by atoms with van der Waals surface area (Å²) >= 11 is 6.40. The number of methoxy groups -OCH3 is 1. The Hall–Kier alpha value is -3.74. The second-order valence-electron chi connectivity index (χ2n) is 9.45. The Labute approximate surface area is 221 Å². The van der Waals surface area contributed by atoms with Crippen molar-refractivity contribution in [2.45, 2.75) is 19.4 Å². The second-order valence-corrected chi connectivity index (χ2v) is 9.86. The van der Waals surface area contributed by atoms with Crippen LogP contribution in [0.25, 0.3) is 10.8 Å². The van der Waals surface area contributed by atoms with Crippen molar-refractivity contribution in [2.75, 3.05) is 25.5 Å². The van der Waals surface area contributed by atoms with Gasteiger partial charge in [-0.05, 0) is 78.2 Å². The lowest BCUT2D eigenvalue weighted by Gasteiger charge is -2.18. The van der Waals surface area contributed by atoms with Crippen molar-refractivity contribution >= 4 is 39.9 Å². The molecule has 1 aromatic heterocycles. The zero-order valence-corrected chi connectivity index (χ0v) is 21.4. The smallest absolute Gasteiger partial charge is 0.337 e. The molecule has 0 bridgehead atoms. The third kappa shape index (κ3) is 5.82. The number of esters is 1. The lowest BCUT2D eigenvalue weighted by molar-refractivity contribution is 0.0600. The Bertz CT molecular complexity index is 1450. The number of fused-ring (bicyclic) bond motifs is 1. The fourth-order valence-electron chi connectivity index (χ4n) is 5.03. The molecule has 1 fully saturated rings. The van der Waals surface area contributed by atoms with Gasteiger partial charge in [0.2, 0.25) is 0 Å². The first kappa shape index (κ1) is 24.9. The highest BCUT2D eigenvalue weighted by atomic mass is 35.5. The van der Waals surface area contributed by atoms with Crippen LogP contribution < -0.4 is 5.32 Å². The molecule has 7 heteroatoms. The molecule has 3 aromatic carbocycles. The van der Waals surface area contributed by atoms with Crippen molar-refractivity contribution in [3.63, 3.8) is 0 Å². The molecule has 1 aliphatic heterocycles. The van der Waals surface area contributed by atoms with Gasteiger partial charge in [0.1, 0.15) is 0 Å². The van der Waals surface area contributed by atoms with Crippen molar-refractivity contribution in [1.29, 1.82) is 0 Å². The van der Waals surface area contributed by atoms with E-state index in [1.165, 1.54) is 29.5 Å². The summed E-state index contributed by atoms with van der Waals surface area (Å²) in [7, 11) is 1.31. The lowest BCUT2D eigenvalue weighted by Crippen LogP contribution is -2.21. The Morgan fingerprint density at radius 1 is 1.08 bits per heavy atom. The van der Waals surface area contributed by atoms with E-state index >= 15 is 0 Å². The van der Waals surface area contributed by atoms with Gasteiger partial charge in [0.05, 0.1) is 23.4 Å². The molecule has 0 spiro atoms. The number of benzene rings is 3. The molecule has 1 saturated heterocycles. The van der Waals surface area contributed by atoms with Crippen molar-refractivity contribution < 1.29 is 14.3 Å². The molecule has 1 atom stereocenters. The number of pyridine rings is 1. The monoisotopic (exact) mass is 513 g/mol. The maximum Gasteiger partial charge on any atom is 0.337 e. The first-order valence-corrected chi connectivity index (χ1v) is 12.7. The van der Waals surface area contributed by atoms with E-state index in [1.54, 1.807) is 18.2 Å². The SMILES string of the molecule is COC(=O)c1cccc(C(=O)Nc2cc(CN3CCC(Cc4cccc5cnccc45)C3)ccc2Cl)c1. The summed E-state index contributed by atoms with van der Waals surface area (Å²) in [6, 6.07) is 20.7. The highest BCUT2D eigenvalue weighted by Gasteiger charge is 2.23. The summed E-state index contributed by atoms with van der Waals surface area (Å²) in [5, 5.41) is 5.82. The predicted octanol–water partition coefficient (Wildman–Crippen LogP) is 5.99. The van der Waals surface area contributed by atoms with Gasteiger partial charge in [-0.2, -0.15) is 0 Å². The highest BCUT2D eigenvalue weighted by molar-refractivity contribution is 6.34. The zero-order chi connectivity index (χ0) is 25.8. The average Bonchev–Trinajstić information content (AvgIpc) is 3.37. The third-order valence-electron chi connectivity index (χ3n) is 6.88. The van der Waals surface area contributed by atoms with Gasteiger partial charge in [-0.15, -0.1) is 0 Å². The lowest BCUT2D eigenvalue weighted by atomic mass is 9.95. The normalized spacial score (nSPS) is 15.6. The summed E-state index contributed by atoms with van der Waals surface area (Å²) in [5.74, 6) is -0.236. The van der Waals surface area contributed by atoms with Gasteiger partial charge in [0, 0.05) is 36.4 Å². The van der Waals surface area contributed by atoms with Crippen LogP contribution in [0.3, 0.4) is 0 Å². The van der Waals surface area contributed by atoms with Crippen LogP contribution in [0.2, 0.25) is 5.02 Å². The molecule has 37 heavy (non-hydrogen) atoms. The average molecular weight is 514 g/mol. The van der Waals surface area contributed by atoms with Gasteiger partial charge < -0.3 is 10.1 Å². The van der Waals surface area contributed by atoms with E-state index in [-0.39, 0.29) is 5.91 Å². The number of ether oxygens (including phenoxy) is 1. The molecular formula is C30H28ClN3O3. The highest BCUT2D eigenvalue weighted by Crippen LogP contribution is 2.28. The number of carbonyl (C=O) groups is 2. The van der Waals surface area contributed by atoms with Gasteiger partial charge in [-0.1, -0.05) is 41.9 Å². The number of carbonyl (C=O) groups excluding carboxylic acids is 2. The van der Waals surface area contributed by atoms with Crippen molar-refractivity contribution in [2.24, 2.45) is 5.92 Å². The number of hydrogen-bond acceptors (Lipinski definition) is 5. The van der Waals surface area contributed by atoms with Crippen LogP contribution in [-0.4, -0.2) is 42.0 Å². The van der Waals surface area contributed by atoms with Crippen LogP contribution in [0, 0.1) is 5.92 Å². The summed E-state index contributed by atoms with van der Waals surface area (Å²) < 4.78 is 4.75. The molecule has 1 amide bonds. The number of likely N-dealkylation sites (tertiary alicyclic amines) is 1.